The van der Waals surface area contributed by atoms with Crippen LogP contribution in [0.15, 0.2) is 16.9 Å². The highest BCUT2D eigenvalue weighted by Gasteiger charge is 2.05. The van der Waals surface area contributed by atoms with Crippen molar-refractivity contribution in [3.63, 3.8) is 0 Å². The van der Waals surface area contributed by atoms with E-state index in [-0.39, 0.29) is 5.88 Å². The van der Waals surface area contributed by atoms with E-state index < -0.39 is 5.69 Å². The molecule has 0 saturated carbocycles. The smallest absolute Gasteiger partial charge is 0.340 e. The number of aromatic amines is 2. The van der Waals surface area contributed by atoms with Crippen LogP contribution < -0.4 is 5.69 Å². The van der Waals surface area contributed by atoms with Crippen molar-refractivity contribution in [2.45, 2.75) is 6.92 Å². The number of nitrogens with zero attached hydrogens (tertiary/aromatic N) is 2. The van der Waals surface area contributed by atoms with E-state index in [1.54, 1.807) is 6.07 Å². The maximum absolute atomic E-state index is 10.8. The first-order valence-electron chi connectivity index (χ1n) is 3.98. The summed E-state index contributed by atoms with van der Waals surface area (Å²) in [5.41, 5.74) is 0.875. The average molecular weight is 192 g/mol. The SMILES string of the molecule is Cc1cc(O)nc(-c2n[nH]c(=O)[nH]2)c1. The molecule has 0 unspecified atom stereocenters. The van der Waals surface area contributed by atoms with Crippen molar-refractivity contribution >= 4 is 0 Å². The molecule has 72 valence electrons. The molecule has 6 heteroatoms. The number of aryl methyl sites for hydroxylation is 1. The Labute approximate surface area is 78.6 Å². The lowest BCUT2D eigenvalue weighted by Gasteiger charge is -1.98. The van der Waals surface area contributed by atoms with Crippen molar-refractivity contribution in [1.82, 2.24) is 20.2 Å². The predicted octanol–water partition coefficient (Wildman–Crippen LogP) is 0.174. The second kappa shape index (κ2) is 2.99. The van der Waals surface area contributed by atoms with Gasteiger partial charge in [0.05, 0.1) is 0 Å². The molecule has 0 radical (unpaired) electrons. The lowest BCUT2D eigenvalue weighted by Crippen LogP contribution is -2.00. The van der Waals surface area contributed by atoms with Crippen LogP contribution in [0.25, 0.3) is 11.5 Å². The molecule has 0 atom stereocenters. The molecule has 6 nitrogen and oxygen atoms in total. The number of hydrogen-bond acceptors (Lipinski definition) is 4. The minimum absolute atomic E-state index is 0.0937. The van der Waals surface area contributed by atoms with Gasteiger partial charge in [-0.25, -0.2) is 14.9 Å². The van der Waals surface area contributed by atoms with Crippen LogP contribution in [0.3, 0.4) is 0 Å². The van der Waals surface area contributed by atoms with Gasteiger partial charge in [-0.15, -0.1) is 0 Å². The summed E-state index contributed by atoms with van der Waals surface area (Å²) in [5, 5.41) is 15.1. The van der Waals surface area contributed by atoms with Gasteiger partial charge >= 0.3 is 5.69 Å². The zero-order chi connectivity index (χ0) is 10.1. The zero-order valence-electron chi connectivity index (χ0n) is 7.40. The van der Waals surface area contributed by atoms with Crippen molar-refractivity contribution in [3.05, 3.63) is 28.2 Å². The standard InChI is InChI=1S/C8H8N4O2/c1-4-2-5(9-6(13)3-4)7-10-8(14)12-11-7/h2-3H,1H3,(H,9,13)(H2,10,11,12,14). The summed E-state index contributed by atoms with van der Waals surface area (Å²) < 4.78 is 0. The van der Waals surface area contributed by atoms with Crippen LogP contribution in [0.5, 0.6) is 5.88 Å². The zero-order valence-corrected chi connectivity index (χ0v) is 7.40. The second-order valence-corrected chi connectivity index (χ2v) is 2.91. The molecule has 0 bridgehead atoms. The first-order valence-corrected chi connectivity index (χ1v) is 3.98. The molecule has 0 fully saturated rings. The highest BCUT2D eigenvalue weighted by molar-refractivity contribution is 5.50. The number of pyridine rings is 1. The first-order chi connectivity index (χ1) is 6.65. The van der Waals surface area contributed by atoms with E-state index in [1.165, 1.54) is 6.07 Å². The second-order valence-electron chi connectivity index (χ2n) is 2.91. The third kappa shape index (κ3) is 1.49. The van der Waals surface area contributed by atoms with E-state index in [0.29, 0.717) is 11.5 Å². The van der Waals surface area contributed by atoms with Crippen molar-refractivity contribution in [3.8, 4) is 17.4 Å². The molecule has 0 amide bonds. The molecule has 0 aliphatic rings. The highest BCUT2D eigenvalue weighted by atomic mass is 16.3. The van der Waals surface area contributed by atoms with Crippen LogP contribution in [-0.4, -0.2) is 25.3 Å². The minimum Gasteiger partial charge on any atom is -0.493 e. The Bertz CT molecular complexity index is 494. The number of H-pyrrole nitrogens is 2. The number of rotatable bonds is 1. The van der Waals surface area contributed by atoms with E-state index in [4.69, 9.17) is 0 Å². The molecule has 0 aromatic carbocycles. The van der Waals surface area contributed by atoms with Crippen molar-refractivity contribution in [2.24, 2.45) is 0 Å². The maximum Gasteiger partial charge on any atom is 0.340 e. The molecule has 0 spiro atoms. The van der Waals surface area contributed by atoms with Crippen LogP contribution in [0, 0.1) is 6.92 Å². The average Bonchev–Trinajstić information content (AvgIpc) is 2.50. The van der Waals surface area contributed by atoms with E-state index in [1.807, 2.05) is 6.92 Å². The normalized spacial score (nSPS) is 10.4. The Morgan fingerprint density at radius 2 is 2.21 bits per heavy atom. The summed E-state index contributed by atoms with van der Waals surface area (Å²) in [4.78, 5) is 17.0. The molecule has 2 rings (SSSR count). The molecule has 2 aromatic rings. The molecule has 14 heavy (non-hydrogen) atoms. The fourth-order valence-corrected chi connectivity index (χ4v) is 1.16. The molecule has 0 saturated heterocycles. The fraction of sp³-hybridized carbons (Fsp3) is 0.125. The summed E-state index contributed by atoms with van der Waals surface area (Å²) in [5.74, 6) is 0.220. The Kier molecular flexibility index (Phi) is 1.81. The van der Waals surface area contributed by atoms with Gasteiger partial charge in [0.15, 0.2) is 5.82 Å². The Morgan fingerprint density at radius 1 is 1.43 bits per heavy atom. The van der Waals surface area contributed by atoms with E-state index >= 15 is 0 Å². The van der Waals surface area contributed by atoms with E-state index in [2.05, 4.69) is 20.2 Å². The third-order valence-electron chi connectivity index (χ3n) is 1.70. The molecular formula is C8H8N4O2. The molecule has 2 heterocycles. The maximum atomic E-state index is 10.8. The van der Waals surface area contributed by atoms with Gasteiger partial charge in [-0.1, -0.05) is 0 Å². The van der Waals surface area contributed by atoms with Gasteiger partial charge in [-0.2, -0.15) is 5.10 Å². The monoisotopic (exact) mass is 192 g/mol. The Morgan fingerprint density at radius 3 is 2.79 bits per heavy atom. The number of hydrogen-bond donors (Lipinski definition) is 3. The fourth-order valence-electron chi connectivity index (χ4n) is 1.16. The summed E-state index contributed by atoms with van der Waals surface area (Å²) in [6.45, 7) is 1.82. The van der Waals surface area contributed by atoms with Gasteiger partial charge in [0.2, 0.25) is 5.88 Å². The van der Waals surface area contributed by atoms with Crippen LogP contribution in [0.1, 0.15) is 5.56 Å². The van der Waals surface area contributed by atoms with Gasteiger partial charge in [-0.05, 0) is 18.6 Å². The lowest BCUT2D eigenvalue weighted by atomic mass is 10.2. The number of aromatic nitrogens is 4. The van der Waals surface area contributed by atoms with Crippen LogP contribution >= 0.6 is 0 Å². The summed E-state index contributed by atoms with van der Waals surface area (Å²) in [7, 11) is 0. The van der Waals surface area contributed by atoms with Crippen molar-refractivity contribution in [1.29, 1.82) is 0 Å². The van der Waals surface area contributed by atoms with Crippen molar-refractivity contribution in [2.75, 3.05) is 0 Å². The summed E-state index contributed by atoms with van der Waals surface area (Å²) in [6.07, 6.45) is 0. The van der Waals surface area contributed by atoms with Crippen LogP contribution in [0.2, 0.25) is 0 Å². The van der Waals surface area contributed by atoms with Crippen molar-refractivity contribution < 1.29 is 5.11 Å². The largest absolute Gasteiger partial charge is 0.493 e. The third-order valence-corrected chi connectivity index (χ3v) is 1.70. The van der Waals surface area contributed by atoms with Gasteiger partial charge < -0.3 is 5.11 Å². The minimum atomic E-state index is -0.400. The molecule has 2 aromatic heterocycles. The Balaban J connectivity index is 2.56. The predicted molar refractivity (Wildman–Crippen MR) is 48.8 cm³/mol. The van der Waals surface area contributed by atoms with Gasteiger partial charge in [0.1, 0.15) is 5.69 Å². The summed E-state index contributed by atoms with van der Waals surface area (Å²) >= 11 is 0. The number of nitrogens with one attached hydrogen (secondary N) is 2. The van der Waals surface area contributed by atoms with Crippen LogP contribution in [0.4, 0.5) is 0 Å². The quantitative estimate of drug-likeness (QED) is 0.600. The van der Waals surface area contributed by atoms with Gasteiger partial charge in [-0.3, -0.25) is 4.98 Å². The van der Waals surface area contributed by atoms with Gasteiger partial charge in [0, 0.05) is 6.07 Å². The van der Waals surface area contributed by atoms with Gasteiger partial charge in [0.25, 0.3) is 0 Å². The number of aromatic hydroxyl groups is 1. The first kappa shape index (κ1) is 8.49. The molecule has 3 N–H and O–H groups in total. The topological polar surface area (TPSA) is 94.7 Å². The summed E-state index contributed by atoms with van der Waals surface area (Å²) in [6, 6.07) is 3.24. The van der Waals surface area contributed by atoms with Crippen LogP contribution in [-0.2, 0) is 0 Å². The Hall–Kier alpha value is -2.11. The molecule has 0 aliphatic carbocycles. The van der Waals surface area contributed by atoms with E-state index in [9.17, 15) is 9.90 Å². The molecule has 0 aliphatic heterocycles. The highest BCUT2D eigenvalue weighted by Crippen LogP contribution is 2.16. The van der Waals surface area contributed by atoms with E-state index in [0.717, 1.165) is 5.56 Å². The lowest BCUT2D eigenvalue weighted by molar-refractivity contribution is 0.453. The molecular weight excluding hydrogens is 184 g/mol.